The van der Waals surface area contributed by atoms with Crippen LogP contribution in [0.1, 0.15) is 54.9 Å². The summed E-state index contributed by atoms with van der Waals surface area (Å²) in [5, 5.41) is 64.4. The van der Waals surface area contributed by atoms with Gasteiger partial charge in [0.2, 0.25) is 23.6 Å². The molecule has 6 aliphatic rings. The zero-order valence-corrected chi connectivity index (χ0v) is 73.9. The standard InChI is InChI=1S/C27H27F2N5O2.C25H23F2N5O2.C24H23F2N5O2.C23H20F2N4O2/c1-36-24-5-4-18(12-23(24)29)21-15-34(32-26(21)19-2-3-20(14-30)22(28)13-19)16-25(35)33-10-7-27(8-11-33)6-9-31-17-27;1-34-23-5-4-15(6-22(23)27)20-13-32(14-24(33)31-11-18-9-29-10-19(18)12-31)30-25(20)16-2-3-17(8-28)21(26)7-16;1-33-22-6-5-16(11-21(22)26)19-14-31(15-23(32)30-9-2-7-28-8-10-30)29-24(19)17-3-4-18(13-27)20(25)12-17;1-14-10-28(11-14)22(30)13-29-12-18(15-5-6-21(31-2)20(25)7-15)23(27-29)16-3-4-17(9-26)19(24)8-16/h2-5,12-13,15,31H,6-11,16-17H2,1H3;2-7,13,18-19,29H,9-12,14H2,1H3;3-6,11-12,14,28H,2,7-10,15H2,1H3;3-8,12,14H,10-11,13H2,1-2H3. The fraction of sp³-hybridized carbons (Fsp3) is 0.313. The number of nitriles is 4. The number of hydrogen-bond donors (Lipinski definition) is 3. The molecule has 18 rings (SSSR count). The number of rotatable bonds is 20. The number of ether oxygens (including phenoxy) is 4. The molecule has 12 aromatic rings. The summed E-state index contributed by atoms with van der Waals surface area (Å²) in [7, 11) is 5.53. The van der Waals surface area contributed by atoms with Gasteiger partial charge in [-0.2, -0.15) is 41.4 Å². The largest absolute Gasteiger partial charge is 0.494 e. The van der Waals surface area contributed by atoms with Gasteiger partial charge in [-0.15, -0.1) is 0 Å². The van der Waals surface area contributed by atoms with E-state index < -0.39 is 46.5 Å². The molecule has 8 aromatic carbocycles. The monoisotopic (exact) mass is 1830 g/mol. The van der Waals surface area contributed by atoms with Crippen LogP contribution in [-0.2, 0) is 45.4 Å². The van der Waals surface area contributed by atoms with E-state index in [2.05, 4.69) is 43.3 Å². The molecular weight excluding hydrogens is 1740 g/mol. The third kappa shape index (κ3) is 21.1. The number of piperidine rings is 1. The van der Waals surface area contributed by atoms with Gasteiger partial charge >= 0.3 is 0 Å². The van der Waals surface area contributed by atoms with Crippen molar-refractivity contribution in [1.29, 1.82) is 21.0 Å². The fourth-order valence-electron chi connectivity index (χ4n) is 17.5. The van der Waals surface area contributed by atoms with Gasteiger partial charge in [0.25, 0.3) is 0 Å². The Morgan fingerprint density at radius 1 is 0.358 bits per heavy atom. The number of fused-ring (bicyclic) bond motifs is 1. The molecule has 0 radical (unpaired) electrons. The number of nitrogens with zero attached hydrogens (tertiary/aromatic N) is 16. The summed E-state index contributed by atoms with van der Waals surface area (Å²) in [6.45, 7) is 13.2. The van der Waals surface area contributed by atoms with Crippen LogP contribution < -0.4 is 34.9 Å². The molecule has 0 aliphatic carbocycles. The van der Waals surface area contributed by atoms with Crippen LogP contribution in [0, 0.1) is 115 Å². The van der Waals surface area contributed by atoms with E-state index in [-0.39, 0.29) is 95.1 Å². The molecule has 134 heavy (non-hydrogen) atoms. The lowest BCUT2D eigenvalue weighted by atomic mass is 9.78. The molecule has 10 heterocycles. The van der Waals surface area contributed by atoms with E-state index >= 15 is 0 Å². The van der Waals surface area contributed by atoms with Crippen LogP contribution in [0.5, 0.6) is 23.0 Å². The molecule has 35 heteroatoms. The molecule has 0 bridgehead atoms. The summed E-state index contributed by atoms with van der Waals surface area (Å²) in [6, 6.07) is 41.9. The SMILES string of the molecule is COc1ccc(-c2cn(CC(=O)N3CC(C)C3)nc2-c2ccc(C#N)c(F)c2)cc1F.COc1ccc(-c2cn(CC(=O)N3CC4CNCC4C3)nc2-c2ccc(C#N)c(F)c2)cc1F.COc1ccc(-c2cn(CC(=O)N3CCC4(CCNC4)CC3)nc2-c2ccc(C#N)c(F)c2)cc1F.COc1ccc(-c2cn(CC(=O)N3CCCNCC3)nc2-c2ccc(C#N)c(F)c2)cc1F. The van der Waals surface area contributed by atoms with E-state index in [0.717, 1.165) is 78.0 Å². The van der Waals surface area contributed by atoms with Gasteiger partial charge < -0.3 is 54.5 Å². The maximum Gasteiger partial charge on any atom is 0.244 e. The molecule has 4 amide bonds. The lowest BCUT2D eigenvalue weighted by Crippen LogP contribution is -2.49. The van der Waals surface area contributed by atoms with Crippen molar-refractivity contribution in [2.24, 2.45) is 23.2 Å². The first kappa shape index (κ1) is 93.6. The Morgan fingerprint density at radius 2 is 0.657 bits per heavy atom. The van der Waals surface area contributed by atoms with Crippen molar-refractivity contribution >= 4 is 23.6 Å². The topological polar surface area (TPSA) is 321 Å². The number of aromatic nitrogens is 8. The summed E-state index contributed by atoms with van der Waals surface area (Å²) < 4.78 is 141. The molecule has 2 unspecified atom stereocenters. The van der Waals surface area contributed by atoms with Crippen LogP contribution in [0.25, 0.3) is 89.5 Å². The Kier molecular flexibility index (Phi) is 29.1. The first-order valence-electron chi connectivity index (χ1n) is 43.5. The summed E-state index contributed by atoms with van der Waals surface area (Å²) in [5.74, 6) is -3.24. The highest BCUT2D eigenvalue weighted by atomic mass is 19.2. The molecule has 2 atom stereocenters. The second-order valence-electron chi connectivity index (χ2n) is 33.7. The van der Waals surface area contributed by atoms with E-state index in [4.69, 9.17) is 40.0 Å². The maximum atomic E-state index is 14.5. The molecule has 6 aliphatic heterocycles. The van der Waals surface area contributed by atoms with Crippen LogP contribution in [0.2, 0.25) is 0 Å². The minimum absolute atomic E-state index is 0.00436. The predicted molar refractivity (Wildman–Crippen MR) is 479 cm³/mol. The molecule has 6 saturated heterocycles. The lowest BCUT2D eigenvalue weighted by Gasteiger charge is -2.38. The van der Waals surface area contributed by atoms with E-state index in [1.807, 2.05) is 15.9 Å². The average Bonchev–Trinajstić information content (AvgIpc) is 1.66. The Bertz CT molecular complexity index is 6580. The third-order valence-corrected chi connectivity index (χ3v) is 24.9. The summed E-state index contributed by atoms with van der Waals surface area (Å²) >= 11 is 0. The van der Waals surface area contributed by atoms with Gasteiger partial charge in [-0.25, -0.2) is 35.1 Å². The molecule has 6 fully saturated rings. The molecule has 1 spiro atoms. The van der Waals surface area contributed by atoms with E-state index in [1.54, 1.807) is 101 Å². The molecule has 3 N–H and O–H groups in total. The highest BCUT2D eigenvalue weighted by molar-refractivity contribution is 5.87. The van der Waals surface area contributed by atoms with Crippen molar-refractivity contribution in [3.05, 3.63) is 239 Å². The zero-order chi connectivity index (χ0) is 94.6. The molecule has 27 nitrogen and oxygen atoms in total. The molecule has 0 saturated carbocycles. The van der Waals surface area contributed by atoms with Crippen LogP contribution in [-0.4, -0.2) is 202 Å². The number of carbonyl (C=O) groups is 4. The van der Waals surface area contributed by atoms with Crippen molar-refractivity contribution in [2.45, 2.75) is 58.8 Å². The van der Waals surface area contributed by atoms with Gasteiger partial charge in [-0.3, -0.25) is 37.9 Å². The van der Waals surface area contributed by atoms with Crippen molar-refractivity contribution in [3.63, 3.8) is 0 Å². The molecular formula is C99H93F8N19O8. The van der Waals surface area contributed by atoms with Gasteiger partial charge in [0.1, 0.15) is 96.5 Å². The fourth-order valence-corrected chi connectivity index (χ4v) is 17.5. The number of halogens is 8. The van der Waals surface area contributed by atoms with Crippen LogP contribution in [0.4, 0.5) is 35.1 Å². The first-order valence-corrected chi connectivity index (χ1v) is 43.5. The average molecular weight is 1830 g/mol. The number of carbonyl (C=O) groups excluding carboxylic acids is 4. The number of nitrogens with one attached hydrogen (secondary N) is 3. The quantitative estimate of drug-likeness (QED) is 0.0597. The van der Waals surface area contributed by atoms with Crippen LogP contribution in [0.15, 0.2) is 170 Å². The van der Waals surface area contributed by atoms with Gasteiger partial charge in [0.05, 0.1) is 50.7 Å². The van der Waals surface area contributed by atoms with E-state index in [9.17, 15) is 54.3 Å². The minimum Gasteiger partial charge on any atom is -0.494 e. The first-order chi connectivity index (χ1) is 64.8. The predicted octanol–water partition coefficient (Wildman–Crippen LogP) is 14.1. The normalized spacial score (nSPS) is 15.9. The third-order valence-electron chi connectivity index (χ3n) is 24.9. The maximum absolute atomic E-state index is 14.5. The lowest BCUT2D eigenvalue weighted by molar-refractivity contribution is -0.138. The minimum atomic E-state index is -0.676. The van der Waals surface area contributed by atoms with Crippen molar-refractivity contribution in [2.75, 3.05) is 120 Å². The number of benzene rings is 8. The van der Waals surface area contributed by atoms with Gasteiger partial charge in [-0.05, 0) is 181 Å². The van der Waals surface area contributed by atoms with Gasteiger partial charge in [0.15, 0.2) is 46.3 Å². The second kappa shape index (κ2) is 41.6. The summed E-state index contributed by atoms with van der Waals surface area (Å²) in [5.41, 5.74) is 7.44. The number of amides is 4. The van der Waals surface area contributed by atoms with Crippen molar-refractivity contribution < 1.29 is 73.2 Å². The highest BCUT2D eigenvalue weighted by Gasteiger charge is 2.40. The van der Waals surface area contributed by atoms with Crippen LogP contribution >= 0.6 is 0 Å². The Hall–Kier alpha value is -15.0. The van der Waals surface area contributed by atoms with Gasteiger partial charge in [0, 0.05) is 148 Å². The van der Waals surface area contributed by atoms with Crippen molar-refractivity contribution in [3.8, 4) is 137 Å². The summed E-state index contributed by atoms with van der Waals surface area (Å²) in [6.07, 6.45) is 10.6. The number of hydrogen-bond acceptors (Lipinski definition) is 19. The Balaban J connectivity index is 0.000000136. The Morgan fingerprint density at radius 3 is 0.940 bits per heavy atom. The Labute approximate surface area is 766 Å². The summed E-state index contributed by atoms with van der Waals surface area (Å²) in [4.78, 5) is 58.7. The number of likely N-dealkylation sites (tertiary alicyclic amines) is 3. The van der Waals surface area contributed by atoms with Crippen LogP contribution in [0.3, 0.4) is 0 Å². The smallest absolute Gasteiger partial charge is 0.244 e. The van der Waals surface area contributed by atoms with E-state index in [0.29, 0.717) is 152 Å². The number of methoxy groups -OCH3 is 4. The van der Waals surface area contributed by atoms with Crippen molar-refractivity contribution in [1.82, 2.24) is 74.7 Å². The van der Waals surface area contributed by atoms with Gasteiger partial charge in [-0.1, -0.05) is 55.5 Å². The molecule has 4 aromatic heterocycles. The second-order valence-corrected chi connectivity index (χ2v) is 33.7. The van der Waals surface area contributed by atoms with E-state index in [1.165, 1.54) is 144 Å². The molecule has 688 valence electrons. The highest BCUT2D eigenvalue weighted by Crippen LogP contribution is 2.42. The zero-order valence-electron chi connectivity index (χ0n) is 73.9.